The lowest BCUT2D eigenvalue weighted by Gasteiger charge is -2.33. The number of nitrogens with one attached hydrogen (secondary N) is 1. The Labute approximate surface area is 115 Å². The van der Waals surface area contributed by atoms with E-state index in [4.69, 9.17) is 6.42 Å². The van der Waals surface area contributed by atoms with Gasteiger partial charge in [-0.2, -0.15) is 0 Å². The number of rotatable bonds is 4. The average molecular weight is 260 g/mol. The summed E-state index contributed by atoms with van der Waals surface area (Å²) in [5.74, 6) is 2.55. The molecule has 0 spiro atoms. The number of hydrogen-bond acceptors (Lipinski definition) is 2. The Balaban J connectivity index is 1.86. The van der Waals surface area contributed by atoms with Crippen LogP contribution in [0.3, 0.4) is 0 Å². The molecule has 1 heterocycles. The van der Waals surface area contributed by atoms with E-state index in [2.05, 4.69) is 16.1 Å². The summed E-state index contributed by atoms with van der Waals surface area (Å²) in [5.41, 5.74) is 0.744. The van der Waals surface area contributed by atoms with Crippen LogP contribution in [0.5, 0.6) is 0 Å². The highest BCUT2D eigenvalue weighted by molar-refractivity contribution is 5.20. The molecule has 2 nitrogen and oxygen atoms in total. The van der Waals surface area contributed by atoms with Gasteiger partial charge in [0.15, 0.2) is 0 Å². The van der Waals surface area contributed by atoms with Crippen molar-refractivity contribution in [1.82, 2.24) is 10.2 Å². The van der Waals surface area contributed by atoms with Crippen LogP contribution in [0, 0.1) is 18.2 Å². The van der Waals surface area contributed by atoms with Crippen molar-refractivity contribution in [3.05, 3.63) is 35.6 Å². The quantitative estimate of drug-likeness (QED) is 0.837. The van der Waals surface area contributed by atoms with Crippen LogP contribution in [-0.2, 0) is 0 Å². The summed E-state index contributed by atoms with van der Waals surface area (Å²) in [6, 6.07) is 7.47. The van der Waals surface area contributed by atoms with E-state index in [-0.39, 0.29) is 11.9 Å². The number of halogens is 1. The molecule has 1 aliphatic heterocycles. The van der Waals surface area contributed by atoms with Crippen molar-refractivity contribution in [3.63, 3.8) is 0 Å². The summed E-state index contributed by atoms with van der Waals surface area (Å²) in [4.78, 5) is 2.28. The zero-order valence-corrected chi connectivity index (χ0v) is 11.4. The van der Waals surface area contributed by atoms with E-state index in [1.165, 1.54) is 6.07 Å². The minimum Gasteiger partial charge on any atom is -0.307 e. The van der Waals surface area contributed by atoms with Gasteiger partial charge in [0, 0.05) is 30.7 Å². The van der Waals surface area contributed by atoms with E-state index in [1.807, 2.05) is 19.1 Å². The molecule has 0 amide bonds. The Bertz CT molecular complexity index is 444. The first kappa shape index (κ1) is 14.0. The molecule has 1 atom stereocenters. The average Bonchev–Trinajstić information content (AvgIpc) is 2.42. The van der Waals surface area contributed by atoms with E-state index in [0.29, 0.717) is 6.04 Å². The lowest BCUT2D eigenvalue weighted by molar-refractivity contribution is 0.210. The Kier molecular flexibility index (Phi) is 4.95. The molecule has 1 aromatic carbocycles. The Morgan fingerprint density at radius 3 is 2.74 bits per heavy atom. The third-order valence-corrected chi connectivity index (χ3v) is 3.76. The van der Waals surface area contributed by atoms with Gasteiger partial charge in [-0.05, 0) is 25.8 Å². The second-order valence-electron chi connectivity index (χ2n) is 5.16. The van der Waals surface area contributed by atoms with E-state index in [0.717, 1.165) is 38.0 Å². The summed E-state index contributed by atoms with van der Waals surface area (Å²) >= 11 is 0. The predicted molar refractivity (Wildman–Crippen MR) is 76.2 cm³/mol. The van der Waals surface area contributed by atoms with Crippen LogP contribution in [0.4, 0.5) is 4.39 Å². The largest absolute Gasteiger partial charge is 0.307 e. The van der Waals surface area contributed by atoms with Gasteiger partial charge in [0.2, 0.25) is 0 Å². The van der Waals surface area contributed by atoms with Crippen LogP contribution in [0.2, 0.25) is 0 Å². The van der Waals surface area contributed by atoms with Gasteiger partial charge in [0.25, 0.3) is 0 Å². The summed E-state index contributed by atoms with van der Waals surface area (Å²) in [7, 11) is 0. The highest BCUT2D eigenvalue weighted by Crippen LogP contribution is 2.19. The second kappa shape index (κ2) is 6.70. The van der Waals surface area contributed by atoms with Crippen LogP contribution in [0.15, 0.2) is 24.3 Å². The Hall–Kier alpha value is -1.37. The molecule has 1 unspecified atom stereocenters. The van der Waals surface area contributed by atoms with Crippen molar-refractivity contribution >= 4 is 0 Å². The van der Waals surface area contributed by atoms with Crippen LogP contribution in [0.25, 0.3) is 0 Å². The van der Waals surface area contributed by atoms with Gasteiger partial charge in [-0.3, -0.25) is 4.90 Å². The maximum absolute atomic E-state index is 13.7. The lowest BCUT2D eigenvalue weighted by Crippen LogP contribution is -2.43. The fourth-order valence-electron chi connectivity index (χ4n) is 2.66. The van der Waals surface area contributed by atoms with Gasteiger partial charge in [0.05, 0.1) is 6.54 Å². The van der Waals surface area contributed by atoms with Gasteiger partial charge in [-0.1, -0.05) is 24.1 Å². The first-order valence-corrected chi connectivity index (χ1v) is 6.87. The van der Waals surface area contributed by atoms with E-state index >= 15 is 0 Å². The van der Waals surface area contributed by atoms with Crippen molar-refractivity contribution in [2.75, 3.05) is 19.6 Å². The minimum atomic E-state index is -0.132. The molecule has 1 aliphatic rings. The molecule has 0 saturated carbocycles. The van der Waals surface area contributed by atoms with Crippen molar-refractivity contribution < 1.29 is 4.39 Å². The smallest absolute Gasteiger partial charge is 0.127 e. The van der Waals surface area contributed by atoms with Crippen molar-refractivity contribution in [3.8, 4) is 12.3 Å². The molecular formula is C16H21FN2. The van der Waals surface area contributed by atoms with E-state index < -0.39 is 0 Å². The SMILES string of the molecule is C#CCN1CCC(NC(C)c2ccccc2F)CC1. The molecule has 2 rings (SSSR count). The van der Waals surface area contributed by atoms with E-state index in [1.54, 1.807) is 6.07 Å². The van der Waals surface area contributed by atoms with Gasteiger partial charge < -0.3 is 5.32 Å². The standard InChI is InChI=1S/C16H21FN2/c1-3-10-19-11-8-14(9-12-19)18-13(2)15-6-4-5-7-16(15)17/h1,4-7,13-14,18H,8-12H2,2H3. The highest BCUT2D eigenvalue weighted by atomic mass is 19.1. The summed E-state index contributed by atoms with van der Waals surface area (Å²) in [5, 5.41) is 3.52. The van der Waals surface area contributed by atoms with Gasteiger partial charge in [-0.15, -0.1) is 6.42 Å². The second-order valence-corrected chi connectivity index (χ2v) is 5.16. The third kappa shape index (κ3) is 3.79. The first-order valence-electron chi connectivity index (χ1n) is 6.87. The molecule has 0 aliphatic carbocycles. The maximum Gasteiger partial charge on any atom is 0.127 e. The van der Waals surface area contributed by atoms with Crippen LogP contribution >= 0.6 is 0 Å². The molecule has 0 aromatic heterocycles. The number of nitrogens with zero attached hydrogens (tertiary/aromatic N) is 1. The van der Waals surface area contributed by atoms with Gasteiger partial charge in [0.1, 0.15) is 5.82 Å². The molecule has 0 bridgehead atoms. The number of hydrogen-bond donors (Lipinski definition) is 1. The molecule has 1 fully saturated rings. The molecule has 1 N–H and O–H groups in total. The highest BCUT2D eigenvalue weighted by Gasteiger charge is 2.21. The molecule has 1 aromatic rings. The zero-order chi connectivity index (χ0) is 13.7. The topological polar surface area (TPSA) is 15.3 Å². The predicted octanol–water partition coefficient (Wildman–Crippen LogP) is 2.57. The third-order valence-electron chi connectivity index (χ3n) is 3.76. The van der Waals surface area contributed by atoms with Crippen molar-refractivity contribution in [1.29, 1.82) is 0 Å². The zero-order valence-electron chi connectivity index (χ0n) is 11.4. The van der Waals surface area contributed by atoms with E-state index in [9.17, 15) is 4.39 Å². The van der Waals surface area contributed by atoms with Crippen molar-refractivity contribution in [2.24, 2.45) is 0 Å². The lowest BCUT2D eigenvalue weighted by atomic mass is 10.0. The first-order chi connectivity index (χ1) is 9.20. The molecule has 19 heavy (non-hydrogen) atoms. The number of benzene rings is 1. The Morgan fingerprint density at radius 1 is 1.42 bits per heavy atom. The molecule has 102 valence electrons. The summed E-state index contributed by atoms with van der Waals surface area (Å²) < 4.78 is 13.7. The fraction of sp³-hybridized carbons (Fsp3) is 0.500. The molecule has 1 saturated heterocycles. The Morgan fingerprint density at radius 2 is 2.11 bits per heavy atom. The van der Waals surface area contributed by atoms with Crippen LogP contribution in [0.1, 0.15) is 31.4 Å². The number of likely N-dealkylation sites (tertiary alicyclic amines) is 1. The fourth-order valence-corrected chi connectivity index (χ4v) is 2.66. The summed E-state index contributed by atoms with van der Waals surface area (Å²) in [6.07, 6.45) is 7.46. The van der Waals surface area contributed by atoms with Gasteiger partial charge in [-0.25, -0.2) is 4.39 Å². The van der Waals surface area contributed by atoms with Crippen molar-refractivity contribution in [2.45, 2.75) is 31.8 Å². The maximum atomic E-state index is 13.7. The van der Waals surface area contributed by atoms with Gasteiger partial charge >= 0.3 is 0 Å². The summed E-state index contributed by atoms with van der Waals surface area (Å²) in [6.45, 7) is 4.79. The normalized spacial score (nSPS) is 19.0. The van der Waals surface area contributed by atoms with Crippen LogP contribution < -0.4 is 5.32 Å². The molecule has 3 heteroatoms. The number of terminal acetylenes is 1. The monoisotopic (exact) mass is 260 g/mol. The molecular weight excluding hydrogens is 239 g/mol. The number of piperidine rings is 1. The van der Waals surface area contributed by atoms with Crippen LogP contribution in [-0.4, -0.2) is 30.6 Å². The minimum absolute atomic E-state index is 0.0467. The molecule has 0 radical (unpaired) electrons.